The van der Waals surface area contributed by atoms with Gasteiger partial charge in [0, 0.05) is 12.6 Å². The van der Waals surface area contributed by atoms with Crippen LogP contribution in [0.1, 0.15) is 12.8 Å². The summed E-state index contributed by atoms with van der Waals surface area (Å²) in [6, 6.07) is 7.80. The lowest BCUT2D eigenvalue weighted by Crippen LogP contribution is -2.44. The number of halogens is 1. The average molecular weight is 384 g/mol. The molecule has 0 aromatic heterocycles. The molecule has 1 heterocycles. The van der Waals surface area contributed by atoms with Gasteiger partial charge in [-0.3, -0.25) is 0 Å². The highest BCUT2D eigenvalue weighted by molar-refractivity contribution is 7.90. The van der Waals surface area contributed by atoms with Crippen molar-refractivity contribution in [3.63, 3.8) is 0 Å². The van der Waals surface area contributed by atoms with E-state index < -0.39 is 20.0 Å². The Morgan fingerprint density at radius 3 is 2.26 bits per heavy atom. The van der Waals surface area contributed by atoms with Crippen molar-refractivity contribution in [2.24, 2.45) is 0 Å². The SMILES string of the molecule is Cl.O=S(=O)(CCNS(=O)(=O)c1ccccc1)NC1CCNCC1. The van der Waals surface area contributed by atoms with E-state index in [1.165, 1.54) is 12.1 Å². The molecule has 132 valence electrons. The van der Waals surface area contributed by atoms with Gasteiger partial charge in [-0.15, -0.1) is 12.4 Å². The summed E-state index contributed by atoms with van der Waals surface area (Å²) in [5.74, 6) is -0.275. The normalized spacial score (nSPS) is 16.7. The van der Waals surface area contributed by atoms with Gasteiger partial charge >= 0.3 is 0 Å². The van der Waals surface area contributed by atoms with Gasteiger partial charge in [0.15, 0.2) is 0 Å². The van der Waals surface area contributed by atoms with E-state index >= 15 is 0 Å². The molecule has 0 aliphatic carbocycles. The summed E-state index contributed by atoms with van der Waals surface area (Å²) < 4.78 is 52.8. The van der Waals surface area contributed by atoms with Gasteiger partial charge in [0.2, 0.25) is 20.0 Å². The standard InChI is InChI=1S/C13H21N3O4S2.ClH/c17-21(18,16-12-6-8-14-9-7-12)11-10-15-22(19,20)13-4-2-1-3-5-13;/h1-5,12,14-16H,6-11H2;1H. The van der Waals surface area contributed by atoms with E-state index in [0.29, 0.717) is 0 Å². The van der Waals surface area contributed by atoms with E-state index in [1.54, 1.807) is 18.2 Å². The van der Waals surface area contributed by atoms with Crippen molar-refractivity contribution in [2.45, 2.75) is 23.8 Å². The van der Waals surface area contributed by atoms with Crippen LogP contribution in [0.15, 0.2) is 35.2 Å². The summed E-state index contributed by atoms with van der Waals surface area (Å²) in [5.41, 5.74) is 0. The highest BCUT2D eigenvalue weighted by Gasteiger charge is 2.21. The van der Waals surface area contributed by atoms with Crippen LogP contribution in [0.3, 0.4) is 0 Å². The second kappa shape index (κ2) is 8.95. The molecule has 23 heavy (non-hydrogen) atoms. The molecule has 0 radical (unpaired) electrons. The molecule has 1 fully saturated rings. The number of rotatable bonds is 7. The molecule has 3 N–H and O–H groups in total. The van der Waals surface area contributed by atoms with Crippen LogP contribution in [-0.4, -0.2) is 48.3 Å². The Hall–Kier alpha value is -0.710. The quantitative estimate of drug-likeness (QED) is 0.617. The fraction of sp³-hybridized carbons (Fsp3) is 0.538. The van der Waals surface area contributed by atoms with Crippen LogP contribution in [0.5, 0.6) is 0 Å². The molecule has 0 spiro atoms. The highest BCUT2D eigenvalue weighted by Crippen LogP contribution is 2.07. The minimum Gasteiger partial charge on any atom is -0.317 e. The molecule has 7 nitrogen and oxygen atoms in total. The summed E-state index contributed by atoms with van der Waals surface area (Å²) in [6.07, 6.45) is 1.49. The molecule has 1 aromatic rings. The van der Waals surface area contributed by atoms with Gasteiger partial charge in [-0.2, -0.15) is 0 Å². The maximum atomic E-state index is 12.0. The third-order valence-corrected chi connectivity index (χ3v) is 6.31. The van der Waals surface area contributed by atoms with Crippen molar-refractivity contribution >= 4 is 32.5 Å². The fourth-order valence-electron chi connectivity index (χ4n) is 2.25. The number of hydrogen-bond acceptors (Lipinski definition) is 5. The first-order valence-corrected chi connectivity index (χ1v) is 10.3. The predicted molar refractivity (Wildman–Crippen MR) is 91.7 cm³/mol. The highest BCUT2D eigenvalue weighted by atomic mass is 35.5. The number of piperidine rings is 1. The maximum absolute atomic E-state index is 12.0. The largest absolute Gasteiger partial charge is 0.317 e. The minimum absolute atomic E-state index is 0. The molecular formula is C13H22ClN3O4S2. The van der Waals surface area contributed by atoms with Crippen LogP contribution in [0.4, 0.5) is 0 Å². The molecule has 1 aliphatic heterocycles. The topological polar surface area (TPSA) is 104 Å². The van der Waals surface area contributed by atoms with E-state index in [-0.39, 0.29) is 35.6 Å². The van der Waals surface area contributed by atoms with E-state index in [0.717, 1.165) is 25.9 Å². The summed E-state index contributed by atoms with van der Waals surface area (Å²) in [4.78, 5) is 0.124. The van der Waals surface area contributed by atoms with Crippen molar-refractivity contribution in [1.29, 1.82) is 0 Å². The Labute approximate surface area is 143 Å². The number of sulfonamides is 2. The summed E-state index contributed by atoms with van der Waals surface area (Å²) in [5, 5.41) is 3.16. The molecule has 0 unspecified atom stereocenters. The van der Waals surface area contributed by atoms with Crippen LogP contribution >= 0.6 is 12.4 Å². The molecule has 1 aromatic carbocycles. The van der Waals surface area contributed by atoms with Gasteiger partial charge < -0.3 is 5.32 Å². The summed E-state index contributed by atoms with van der Waals surface area (Å²) >= 11 is 0. The Kier molecular flexibility index (Phi) is 7.91. The number of nitrogens with one attached hydrogen (secondary N) is 3. The predicted octanol–water partition coefficient (Wildman–Crippen LogP) is 0.0581. The lowest BCUT2D eigenvalue weighted by atomic mass is 10.1. The molecule has 0 atom stereocenters. The lowest BCUT2D eigenvalue weighted by molar-refractivity contribution is 0.427. The molecule has 10 heteroatoms. The lowest BCUT2D eigenvalue weighted by Gasteiger charge is -2.23. The Morgan fingerprint density at radius 1 is 1.04 bits per heavy atom. The number of benzene rings is 1. The number of hydrogen-bond donors (Lipinski definition) is 3. The van der Waals surface area contributed by atoms with Gasteiger partial charge in [0.05, 0.1) is 10.6 Å². The first-order valence-electron chi connectivity index (χ1n) is 7.14. The van der Waals surface area contributed by atoms with E-state index in [9.17, 15) is 16.8 Å². The first-order chi connectivity index (χ1) is 10.4. The van der Waals surface area contributed by atoms with Gasteiger partial charge in [0.1, 0.15) is 0 Å². The van der Waals surface area contributed by atoms with Crippen molar-refractivity contribution in [2.75, 3.05) is 25.4 Å². The van der Waals surface area contributed by atoms with Crippen LogP contribution in [-0.2, 0) is 20.0 Å². The monoisotopic (exact) mass is 383 g/mol. The third-order valence-electron chi connectivity index (χ3n) is 3.40. The molecular weight excluding hydrogens is 362 g/mol. The Morgan fingerprint density at radius 2 is 1.65 bits per heavy atom. The zero-order chi connectivity index (χ0) is 16.1. The van der Waals surface area contributed by atoms with Crippen molar-refractivity contribution < 1.29 is 16.8 Å². The Bertz CT molecular complexity index is 674. The zero-order valence-electron chi connectivity index (χ0n) is 12.6. The van der Waals surface area contributed by atoms with Crippen LogP contribution in [0.2, 0.25) is 0 Å². The second-order valence-corrected chi connectivity index (χ2v) is 8.81. The van der Waals surface area contributed by atoms with E-state index in [1.807, 2.05) is 0 Å². The molecule has 0 amide bonds. The molecule has 1 aliphatic rings. The van der Waals surface area contributed by atoms with Crippen LogP contribution in [0, 0.1) is 0 Å². The summed E-state index contributed by atoms with van der Waals surface area (Å²) in [6.45, 7) is 1.42. The van der Waals surface area contributed by atoms with Crippen molar-refractivity contribution in [3.05, 3.63) is 30.3 Å². The average Bonchev–Trinajstić information content (AvgIpc) is 2.48. The van der Waals surface area contributed by atoms with Gasteiger partial charge in [-0.05, 0) is 38.1 Å². The molecule has 0 bridgehead atoms. The third kappa shape index (κ3) is 6.74. The van der Waals surface area contributed by atoms with E-state index in [2.05, 4.69) is 14.8 Å². The molecule has 1 saturated heterocycles. The van der Waals surface area contributed by atoms with E-state index in [4.69, 9.17) is 0 Å². The first kappa shape index (κ1) is 20.3. The molecule has 0 saturated carbocycles. The molecule has 2 rings (SSSR count). The Balaban J connectivity index is 0.00000264. The van der Waals surface area contributed by atoms with Crippen LogP contribution in [0.25, 0.3) is 0 Å². The summed E-state index contributed by atoms with van der Waals surface area (Å²) in [7, 11) is -7.16. The second-order valence-electron chi connectivity index (χ2n) is 5.17. The van der Waals surface area contributed by atoms with Crippen molar-refractivity contribution in [1.82, 2.24) is 14.8 Å². The van der Waals surface area contributed by atoms with Gasteiger partial charge in [-0.1, -0.05) is 18.2 Å². The van der Waals surface area contributed by atoms with Gasteiger partial charge in [-0.25, -0.2) is 26.3 Å². The zero-order valence-corrected chi connectivity index (χ0v) is 15.0. The maximum Gasteiger partial charge on any atom is 0.240 e. The minimum atomic E-state index is -3.67. The van der Waals surface area contributed by atoms with Crippen molar-refractivity contribution in [3.8, 4) is 0 Å². The van der Waals surface area contributed by atoms with Crippen LogP contribution < -0.4 is 14.8 Å². The van der Waals surface area contributed by atoms with Gasteiger partial charge in [0.25, 0.3) is 0 Å². The smallest absolute Gasteiger partial charge is 0.240 e. The fourth-order valence-corrected chi connectivity index (χ4v) is 4.66.